The van der Waals surface area contributed by atoms with Gasteiger partial charge in [0.2, 0.25) is 0 Å². The lowest BCUT2D eigenvalue weighted by atomic mass is 10.1. The van der Waals surface area contributed by atoms with Gasteiger partial charge >= 0.3 is 19.8 Å². The SMILES string of the molecule is CC/C=C\C/C=C\C/C=C\CCCCCCCCCCOCC(COP(=O)(O)OCC(N)C(=O)O)OC(=O)CCCCCCCCC. The van der Waals surface area contributed by atoms with Crippen LogP contribution in [0.3, 0.4) is 0 Å². The molecule has 0 aromatic carbocycles. The van der Waals surface area contributed by atoms with Crippen molar-refractivity contribution in [3.8, 4) is 0 Å². The molecule has 3 atom stereocenters. The van der Waals surface area contributed by atoms with Gasteiger partial charge in [-0.05, 0) is 44.9 Å². The number of phosphoric acid groups is 1. The quantitative estimate of drug-likeness (QED) is 0.0258. The minimum absolute atomic E-state index is 0.0123. The number of unbranched alkanes of at least 4 members (excludes halogenated alkanes) is 14. The van der Waals surface area contributed by atoms with Gasteiger partial charge in [-0.1, -0.05) is 127 Å². The predicted octanol–water partition coefficient (Wildman–Crippen LogP) is 8.97. The maximum absolute atomic E-state index is 12.4. The Morgan fingerprint density at radius 1 is 0.702 bits per heavy atom. The molecule has 3 unspecified atom stereocenters. The second-order valence-electron chi connectivity index (χ2n) is 12.0. The summed E-state index contributed by atoms with van der Waals surface area (Å²) in [5, 5.41) is 8.83. The van der Waals surface area contributed by atoms with Crippen LogP contribution in [0.25, 0.3) is 0 Å². The Morgan fingerprint density at radius 2 is 1.23 bits per heavy atom. The van der Waals surface area contributed by atoms with Gasteiger partial charge in [0.25, 0.3) is 0 Å². The summed E-state index contributed by atoms with van der Waals surface area (Å²) in [5.41, 5.74) is 5.32. The van der Waals surface area contributed by atoms with Crippen molar-refractivity contribution >= 4 is 19.8 Å². The molecule has 0 saturated carbocycles. The van der Waals surface area contributed by atoms with E-state index < -0.39 is 45.1 Å². The first kappa shape index (κ1) is 45.2. The molecule has 0 aliphatic heterocycles. The third-order valence-corrected chi connectivity index (χ3v) is 8.38. The summed E-state index contributed by atoms with van der Waals surface area (Å²) in [5.74, 6) is -1.79. The molecule has 0 bridgehead atoms. The monoisotopic (exact) mass is 687 g/mol. The normalized spacial score (nSPS) is 14.6. The topological polar surface area (TPSA) is 155 Å². The van der Waals surface area contributed by atoms with E-state index >= 15 is 0 Å². The van der Waals surface area contributed by atoms with Crippen molar-refractivity contribution in [3.05, 3.63) is 36.5 Å². The van der Waals surface area contributed by atoms with Gasteiger partial charge in [-0.2, -0.15) is 0 Å². The molecule has 0 saturated heterocycles. The number of hydrogen-bond acceptors (Lipinski definition) is 8. The molecule has 47 heavy (non-hydrogen) atoms. The van der Waals surface area contributed by atoms with E-state index in [0.29, 0.717) is 13.0 Å². The van der Waals surface area contributed by atoms with Crippen LogP contribution in [0.2, 0.25) is 0 Å². The van der Waals surface area contributed by atoms with Crippen molar-refractivity contribution in [2.45, 2.75) is 154 Å². The molecular formula is C36H66NO9P. The Labute approximate surface area is 285 Å². The van der Waals surface area contributed by atoms with Crippen LogP contribution in [0.1, 0.15) is 142 Å². The van der Waals surface area contributed by atoms with Gasteiger partial charge in [-0.25, -0.2) is 4.57 Å². The zero-order valence-electron chi connectivity index (χ0n) is 29.4. The van der Waals surface area contributed by atoms with Crippen LogP contribution in [-0.4, -0.2) is 60.5 Å². The number of aliphatic carboxylic acids is 1. The summed E-state index contributed by atoms with van der Waals surface area (Å²) in [6.45, 7) is 3.68. The van der Waals surface area contributed by atoms with Gasteiger partial charge in [0.1, 0.15) is 12.1 Å². The molecule has 4 N–H and O–H groups in total. The number of rotatable bonds is 34. The molecule has 0 fully saturated rings. The zero-order valence-corrected chi connectivity index (χ0v) is 30.3. The number of ether oxygens (including phenoxy) is 2. The van der Waals surface area contributed by atoms with Gasteiger partial charge in [-0.15, -0.1) is 0 Å². The number of allylic oxidation sites excluding steroid dienone is 6. The molecule has 0 rings (SSSR count). The maximum atomic E-state index is 12.4. The van der Waals surface area contributed by atoms with Gasteiger partial charge in [0, 0.05) is 13.0 Å². The maximum Gasteiger partial charge on any atom is 0.472 e. The predicted molar refractivity (Wildman–Crippen MR) is 189 cm³/mol. The van der Waals surface area contributed by atoms with E-state index in [9.17, 15) is 19.0 Å². The zero-order chi connectivity index (χ0) is 34.9. The molecule has 0 radical (unpaired) electrons. The van der Waals surface area contributed by atoms with E-state index in [1.54, 1.807) is 0 Å². The molecule has 10 nitrogen and oxygen atoms in total. The fourth-order valence-electron chi connectivity index (χ4n) is 4.62. The molecule has 0 aromatic heterocycles. The fraction of sp³-hybridized carbons (Fsp3) is 0.778. The summed E-state index contributed by atoms with van der Waals surface area (Å²) in [6.07, 6.45) is 33.6. The lowest BCUT2D eigenvalue weighted by Crippen LogP contribution is -2.34. The largest absolute Gasteiger partial charge is 0.480 e. The van der Waals surface area contributed by atoms with E-state index in [2.05, 4.69) is 54.8 Å². The molecule has 11 heteroatoms. The third-order valence-electron chi connectivity index (χ3n) is 7.43. The van der Waals surface area contributed by atoms with E-state index in [4.69, 9.17) is 24.8 Å². The van der Waals surface area contributed by atoms with Gasteiger partial charge in [0.05, 0.1) is 19.8 Å². The molecule has 0 aromatic rings. The van der Waals surface area contributed by atoms with E-state index in [1.165, 1.54) is 51.4 Å². The summed E-state index contributed by atoms with van der Waals surface area (Å²) in [6, 6.07) is -1.47. The Hall–Kier alpha value is -1.81. The molecule has 0 aliphatic carbocycles. The lowest BCUT2D eigenvalue weighted by molar-refractivity contribution is -0.154. The van der Waals surface area contributed by atoms with Crippen LogP contribution >= 0.6 is 7.82 Å². The van der Waals surface area contributed by atoms with Crippen LogP contribution in [0, 0.1) is 0 Å². The first-order valence-corrected chi connectivity index (χ1v) is 19.5. The van der Waals surface area contributed by atoms with E-state index in [-0.39, 0.29) is 13.0 Å². The molecule has 0 spiro atoms. The highest BCUT2D eigenvalue weighted by atomic mass is 31.2. The van der Waals surface area contributed by atoms with E-state index in [1.807, 2.05) is 0 Å². The van der Waals surface area contributed by atoms with Crippen molar-refractivity contribution in [3.63, 3.8) is 0 Å². The van der Waals surface area contributed by atoms with Crippen LogP contribution in [0.4, 0.5) is 0 Å². The number of carboxylic acid groups (broad SMARTS) is 1. The Balaban J connectivity index is 4.21. The number of carbonyl (C=O) groups is 2. The van der Waals surface area contributed by atoms with Crippen molar-refractivity contribution in [2.75, 3.05) is 26.4 Å². The van der Waals surface area contributed by atoms with E-state index in [0.717, 1.165) is 64.2 Å². The summed E-state index contributed by atoms with van der Waals surface area (Å²) in [4.78, 5) is 33.2. The Bertz CT molecular complexity index is 894. The average molecular weight is 688 g/mol. The van der Waals surface area contributed by atoms with Crippen molar-refractivity contribution in [2.24, 2.45) is 5.73 Å². The summed E-state index contributed by atoms with van der Waals surface area (Å²) in [7, 11) is -4.60. The number of carboxylic acids is 1. The third kappa shape index (κ3) is 32.5. The summed E-state index contributed by atoms with van der Waals surface area (Å²) < 4.78 is 33.0. The Kier molecular flexibility index (Phi) is 31.5. The van der Waals surface area contributed by atoms with Crippen LogP contribution in [0.5, 0.6) is 0 Å². The highest BCUT2D eigenvalue weighted by Crippen LogP contribution is 2.43. The number of phosphoric ester groups is 1. The highest BCUT2D eigenvalue weighted by Gasteiger charge is 2.27. The number of hydrogen-bond donors (Lipinski definition) is 3. The summed E-state index contributed by atoms with van der Waals surface area (Å²) >= 11 is 0. The molecule has 274 valence electrons. The highest BCUT2D eigenvalue weighted by molar-refractivity contribution is 7.47. The van der Waals surface area contributed by atoms with Crippen molar-refractivity contribution < 1.29 is 42.7 Å². The number of nitrogens with two attached hydrogens (primary N) is 1. The second-order valence-corrected chi connectivity index (χ2v) is 13.4. The molecule has 0 aliphatic rings. The molecular weight excluding hydrogens is 621 g/mol. The Morgan fingerprint density at radius 3 is 1.85 bits per heavy atom. The smallest absolute Gasteiger partial charge is 0.472 e. The number of carbonyl (C=O) groups excluding carboxylic acids is 1. The van der Waals surface area contributed by atoms with Gasteiger partial charge < -0.3 is 25.2 Å². The average Bonchev–Trinajstić information content (AvgIpc) is 3.04. The van der Waals surface area contributed by atoms with Crippen LogP contribution in [0.15, 0.2) is 36.5 Å². The van der Waals surface area contributed by atoms with Crippen LogP contribution < -0.4 is 5.73 Å². The number of esters is 1. The standard InChI is InChI=1S/C36H66NO9P/c1-3-5-7-9-11-12-13-14-15-16-17-18-19-20-21-23-25-27-29-43-30-33(31-44-47(41,42)45-32-34(37)36(39)40)46-35(38)28-26-24-22-10-8-6-4-2/h5,7,11-12,14-15,33-34H,3-4,6,8-10,13,16-32,37H2,1-2H3,(H,39,40)(H,41,42)/b7-5-,12-11-,15-14-. The minimum atomic E-state index is -4.60. The van der Waals surface area contributed by atoms with Gasteiger partial charge in [-0.3, -0.25) is 18.6 Å². The first-order chi connectivity index (χ1) is 22.7. The minimum Gasteiger partial charge on any atom is -0.480 e. The van der Waals surface area contributed by atoms with Crippen LogP contribution in [-0.2, 0) is 32.7 Å². The van der Waals surface area contributed by atoms with Gasteiger partial charge in [0.15, 0.2) is 0 Å². The van der Waals surface area contributed by atoms with Crippen molar-refractivity contribution in [1.82, 2.24) is 0 Å². The molecule has 0 heterocycles. The fourth-order valence-corrected chi connectivity index (χ4v) is 5.39. The van der Waals surface area contributed by atoms with Crippen molar-refractivity contribution in [1.29, 1.82) is 0 Å². The molecule has 0 amide bonds. The second kappa shape index (κ2) is 32.7. The lowest BCUT2D eigenvalue weighted by Gasteiger charge is -2.20. The first-order valence-electron chi connectivity index (χ1n) is 18.0.